The van der Waals surface area contributed by atoms with E-state index in [1.165, 1.54) is 24.3 Å². The summed E-state index contributed by atoms with van der Waals surface area (Å²) in [6.45, 7) is 1.60. The zero-order chi connectivity index (χ0) is 13.0. The maximum absolute atomic E-state index is 11.8. The van der Waals surface area contributed by atoms with Crippen molar-refractivity contribution in [2.75, 3.05) is 5.75 Å². The highest BCUT2D eigenvalue weighted by atomic mass is 32.2. The second kappa shape index (κ2) is 5.58. The summed E-state index contributed by atoms with van der Waals surface area (Å²) in [5, 5.41) is 8.70. The molecule has 0 heterocycles. The monoisotopic (exact) mass is 255 g/mol. The van der Waals surface area contributed by atoms with Crippen LogP contribution in [0.25, 0.3) is 0 Å². The maximum Gasteiger partial charge on any atom is 0.335 e. The minimum absolute atomic E-state index is 0.133. The van der Waals surface area contributed by atoms with Crippen molar-refractivity contribution in [2.24, 2.45) is 11.7 Å². The molecular formula is C11H13NO4S. The molecule has 1 amide bonds. The van der Waals surface area contributed by atoms with Gasteiger partial charge in [0.15, 0.2) is 0 Å². The Balaban J connectivity index is 2.77. The van der Waals surface area contributed by atoms with E-state index in [1.54, 1.807) is 6.92 Å². The third kappa shape index (κ3) is 3.67. The van der Waals surface area contributed by atoms with Gasteiger partial charge in [0.05, 0.1) is 16.4 Å². The van der Waals surface area contributed by atoms with Crippen LogP contribution in [0.2, 0.25) is 0 Å². The average molecular weight is 255 g/mol. The fraction of sp³-hybridized carbons (Fsp3) is 0.273. The number of aromatic carboxylic acids is 1. The van der Waals surface area contributed by atoms with Crippen LogP contribution in [0.1, 0.15) is 17.3 Å². The van der Waals surface area contributed by atoms with Crippen LogP contribution in [0.5, 0.6) is 0 Å². The number of carbonyl (C=O) groups excluding carboxylic acids is 1. The molecule has 0 aliphatic heterocycles. The van der Waals surface area contributed by atoms with Gasteiger partial charge >= 0.3 is 5.97 Å². The van der Waals surface area contributed by atoms with E-state index in [-0.39, 0.29) is 11.3 Å². The third-order valence-corrected chi connectivity index (χ3v) is 3.85. The Morgan fingerprint density at radius 1 is 1.35 bits per heavy atom. The number of hydrogen-bond donors (Lipinski definition) is 2. The van der Waals surface area contributed by atoms with Crippen molar-refractivity contribution in [1.82, 2.24) is 0 Å². The van der Waals surface area contributed by atoms with Crippen LogP contribution in [0, 0.1) is 5.92 Å². The van der Waals surface area contributed by atoms with Crippen LogP contribution in [-0.4, -0.2) is 26.9 Å². The lowest BCUT2D eigenvalue weighted by Crippen LogP contribution is -2.25. The summed E-state index contributed by atoms with van der Waals surface area (Å²) < 4.78 is 11.8. The predicted octanol–water partition coefficient (Wildman–Crippen LogP) is 0.614. The molecule has 1 aromatic carbocycles. The first-order valence-corrected chi connectivity index (χ1v) is 6.24. The highest BCUT2D eigenvalue weighted by Crippen LogP contribution is 2.11. The molecule has 0 aromatic heterocycles. The number of hydrogen-bond acceptors (Lipinski definition) is 3. The summed E-state index contributed by atoms with van der Waals surface area (Å²) >= 11 is 0. The summed E-state index contributed by atoms with van der Waals surface area (Å²) in [5.41, 5.74) is 5.21. The van der Waals surface area contributed by atoms with Crippen LogP contribution < -0.4 is 5.73 Å². The number of carboxylic acids is 1. The molecule has 0 saturated carbocycles. The van der Waals surface area contributed by atoms with E-state index in [1.807, 2.05) is 0 Å². The van der Waals surface area contributed by atoms with Gasteiger partial charge in [-0.15, -0.1) is 0 Å². The Kier molecular flexibility index (Phi) is 4.39. The lowest BCUT2D eigenvalue weighted by atomic mass is 10.2. The number of amides is 1. The van der Waals surface area contributed by atoms with Gasteiger partial charge in [-0.3, -0.25) is 9.00 Å². The minimum atomic E-state index is -1.35. The summed E-state index contributed by atoms with van der Waals surface area (Å²) in [6.07, 6.45) is 0. The first-order chi connectivity index (χ1) is 7.91. The largest absolute Gasteiger partial charge is 0.478 e. The normalized spacial score (nSPS) is 13.9. The molecule has 0 fully saturated rings. The van der Waals surface area contributed by atoms with Gasteiger partial charge in [0.2, 0.25) is 5.91 Å². The maximum atomic E-state index is 11.8. The Morgan fingerprint density at radius 3 is 2.29 bits per heavy atom. The van der Waals surface area contributed by atoms with Crippen molar-refractivity contribution in [3.63, 3.8) is 0 Å². The van der Waals surface area contributed by atoms with E-state index >= 15 is 0 Å². The number of primary amides is 1. The zero-order valence-electron chi connectivity index (χ0n) is 9.25. The molecule has 0 aliphatic carbocycles. The van der Waals surface area contributed by atoms with E-state index in [4.69, 9.17) is 10.8 Å². The van der Waals surface area contributed by atoms with Gasteiger partial charge in [0, 0.05) is 16.6 Å². The Hall–Kier alpha value is -1.69. The van der Waals surface area contributed by atoms with Crippen molar-refractivity contribution < 1.29 is 18.9 Å². The third-order valence-electron chi connectivity index (χ3n) is 2.25. The average Bonchev–Trinajstić information content (AvgIpc) is 2.28. The quantitative estimate of drug-likeness (QED) is 0.805. The molecule has 2 atom stereocenters. The molecule has 1 aromatic rings. The number of nitrogens with two attached hydrogens (primary N) is 1. The summed E-state index contributed by atoms with van der Waals surface area (Å²) in [7, 11) is -1.35. The van der Waals surface area contributed by atoms with E-state index < -0.39 is 28.6 Å². The molecule has 0 aliphatic rings. The smallest absolute Gasteiger partial charge is 0.335 e. The van der Waals surface area contributed by atoms with Crippen molar-refractivity contribution in [3.05, 3.63) is 29.8 Å². The molecule has 3 N–H and O–H groups in total. The molecule has 5 nitrogen and oxygen atoms in total. The predicted molar refractivity (Wildman–Crippen MR) is 63.0 cm³/mol. The minimum Gasteiger partial charge on any atom is -0.478 e. The topological polar surface area (TPSA) is 97.5 Å². The Morgan fingerprint density at radius 2 is 1.88 bits per heavy atom. The number of rotatable bonds is 5. The number of carbonyl (C=O) groups is 2. The molecule has 1 rings (SSSR count). The number of carboxylic acid groups (broad SMARTS) is 1. The lowest BCUT2D eigenvalue weighted by Gasteiger charge is -2.07. The molecule has 17 heavy (non-hydrogen) atoms. The van der Waals surface area contributed by atoms with E-state index in [0.29, 0.717) is 4.90 Å². The molecule has 0 spiro atoms. The summed E-state index contributed by atoms with van der Waals surface area (Å²) in [5.74, 6) is -1.87. The standard InChI is InChI=1S/C11H13NO4S/c1-7(10(12)13)6-17(16)9-4-2-8(3-5-9)11(14)15/h2-5,7H,6H2,1H3,(H2,12,13)(H,14,15). The van der Waals surface area contributed by atoms with Gasteiger partial charge in [-0.25, -0.2) is 4.79 Å². The van der Waals surface area contributed by atoms with Gasteiger partial charge in [0.25, 0.3) is 0 Å². The molecule has 0 saturated heterocycles. The molecule has 0 bridgehead atoms. The second-order valence-electron chi connectivity index (χ2n) is 3.65. The molecule has 2 unspecified atom stereocenters. The highest BCUT2D eigenvalue weighted by Gasteiger charge is 2.14. The highest BCUT2D eigenvalue weighted by molar-refractivity contribution is 7.85. The van der Waals surface area contributed by atoms with Gasteiger partial charge in [-0.05, 0) is 24.3 Å². The Labute approximate surface area is 101 Å². The van der Waals surface area contributed by atoms with E-state index in [2.05, 4.69) is 0 Å². The van der Waals surface area contributed by atoms with Crippen molar-refractivity contribution in [1.29, 1.82) is 0 Å². The lowest BCUT2D eigenvalue weighted by molar-refractivity contribution is -0.120. The fourth-order valence-corrected chi connectivity index (χ4v) is 2.41. The van der Waals surface area contributed by atoms with Gasteiger partial charge in [-0.1, -0.05) is 6.92 Å². The first-order valence-electron chi connectivity index (χ1n) is 4.93. The van der Waals surface area contributed by atoms with E-state index in [0.717, 1.165) is 0 Å². The fourth-order valence-electron chi connectivity index (χ4n) is 1.15. The Bertz CT molecular complexity index is 455. The van der Waals surface area contributed by atoms with Gasteiger partial charge < -0.3 is 10.8 Å². The first kappa shape index (κ1) is 13.4. The SMILES string of the molecule is CC(CS(=O)c1ccc(C(=O)O)cc1)C(N)=O. The molecular weight excluding hydrogens is 242 g/mol. The van der Waals surface area contributed by atoms with Gasteiger partial charge in [-0.2, -0.15) is 0 Å². The summed E-state index contributed by atoms with van der Waals surface area (Å²) in [6, 6.07) is 5.72. The van der Waals surface area contributed by atoms with E-state index in [9.17, 15) is 13.8 Å². The summed E-state index contributed by atoms with van der Waals surface area (Å²) in [4.78, 5) is 21.9. The van der Waals surface area contributed by atoms with Crippen LogP contribution in [0.4, 0.5) is 0 Å². The number of benzene rings is 1. The van der Waals surface area contributed by atoms with Crippen LogP contribution in [0.15, 0.2) is 29.2 Å². The van der Waals surface area contributed by atoms with Crippen molar-refractivity contribution in [3.8, 4) is 0 Å². The van der Waals surface area contributed by atoms with Crippen molar-refractivity contribution in [2.45, 2.75) is 11.8 Å². The second-order valence-corrected chi connectivity index (χ2v) is 5.14. The zero-order valence-corrected chi connectivity index (χ0v) is 10.1. The molecule has 0 radical (unpaired) electrons. The van der Waals surface area contributed by atoms with Crippen molar-refractivity contribution >= 4 is 22.7 Å². The molecule has 92 valence electrons. The van der Waals surface area contributed by atoms with Crippen LogP contribution in [-0.2, 0) is 15.6 Å². The van der Waals surface area contributed by atoms with Crippen LogP contribution in [0.3, 0.4) is 0 Å². The molecule has 6 heteroatoms. The van der Waals surface area contributed by atoms with Crippen LogP contribution >= 0.6 is 0 Å². The van der Waals surface area contributed by atoms with Gasteiger partial charge in [0.1, 0.15) is 0 Å².